The normalized spacial score (nSPS) is 16.5. The van der Waals surface area contributed by atoms with Crippen LogP contribution in [0.2, 0.25) is 0 Å². The van der Waals surface area contributed by atoms with E-state index in [1.807, 2.05) is 0 Å². The lowest BCUT2D eigenvalue weighted by atomic mass is 10.0. The van der Waals surface area contributed by atoms with Gasteiger partial charge < -0.3 is 4.90 Å². The molecule has 0 aliphatic carbocycles. The van der Waals surface area contributed by atoms with E-state index >= 15 is 0 Å². The van der Waals surface area contributed by atoms with E-state index in [2.05, 4.69) is 38.1 Å². The van der Waals surface area contributed by atoms with Crippen LogP contribution in [0.3, 0.4) is 0 Å². The number of nitrogens with zero attached hydrogens (tertiary/aromatic N) is 1. The highest BCUT2D eigenvalue weighted by Crippen LogP contribution is 2.17. The van der Waals surface area contributed by atoms with Gasteiger partial charge in [0.2, 0.25) is 5.91 Å². The average molecular weight is 245 g/mol. The summed E-state index contributed by atoms with van der Waals surface area (Å²) in [7, 11) is 0. The maximum absolute atomic E-state index is 11.7. The van der Waals surface area contributed by atoms with Gasteiger partial charge in [0.05, 0.1) is 6.42 Å². The molecule has 0 aromatic heterocycles. The Labute approximate surface area is 108 Å². The summed E-state index contributed by atoms with van der Waals surface area (Å²) in [4.78, 5) is 24.6. The van der Waals surface area contributed by atoms with Crippen molar-refractivity contribution in [1.29, 1.82) is 0 Å². The van der Waals surface area contributed by atoms with Gasteiger partial charge in [-0.1, -0.05) is 38.1 Å². The number of ketones is 1. The van der Waals surface area contributed by atoms with E-state index in [0.29, 0.717) is 25.4 Å². The first-order valence-corrected chi connectivity index (χ1v) is 6.44. The first-order valence-electron chi connectivity index (χ1n) is 6.44. The van der Waals surface area contributed by atoms with Crippen molar-refractivity contribution in [3.8, 4) is 0 Å². The lowest BCUT2D eigenvalue weighted by Crippen LogP contribution is -2.38. The second kappa shape index (κ2) is 5.34. The first-order chi connectivity index (χ1) is 8.56. The van der Waals surface area contributed by atoms with Crippen molar-refractivity contribution in [3.05, 3.63) is 35.4 Å². The molecule has 0 spiro atoms. The second-order valence-electron chi connectivity index (χ2n) is 5.18. The van der Waals surface area contributed by atoms with Crippen LogP contribution in [-0.2, 0) is 16.1 Å². The number of carbonyl (C=O) groups excluding carboxylic acids is 2. The fourth-order valence-electron chi connectivity index (χ4n) is 2.15. The van der Waals surface area contributed by atoms with Crippen LogP contribution in [0.5, 0.6) is 0 Å². The van der Waals surface area contributed by atoms with E-state index in [1.165, 1.54) is 5.56 Å². The predicted molar refractivity (Wildman–Crippen MR) is 70.2 cm³/mol. The van der Waals surface area contributed by atoms with Crippen molar-refractivity contribution in [3.63, 3.8) is 0 Å². The number of amides is 1. The zero-order chi connectivity index (χ0) is 13.1. The third-order valence-corrected chi connectivity index (χ3v) is 3.38. The molecule has 3 heteroatoms. The number of piperidine rings is 1. The first kappa shape index (κ1) is 12.8. The standard InChI is InChI=1S/C15H19NO2/c1-11(2)13-5-3-12(4-6-13)10-16-8-7-14(17)9-15(16)18/h3-6,11H,7-10H2,1-2H3. The maximum atomic E-state index is 11.7. The number of Topliss-reactive ketones (excluding diaryl/α,β-unsaturated/α-hetero) is 1. The lowest BCUT2D eigenvalue weighted by Gasteiger charge is -2.26. The molecular weight excluding hydrogens is 226 g/mol. The van der Waals surface area contributed by atoms with E-state index < -0.39 is 0 Å². The number of hydrogen-bond donors (Lipinski definition) is 0. The highest BCUT2D eigenvalue weighted by Gasteiger charge is 2.23. The summed E-state index contributed by atoms with van der Waals surface area (Å²) in [6.07, 6.45) is 0.569. The predicted octanol–water partition coefficient (Wildman–Crippen LogP) is 2.50. The number of rotatable bonds is 3. The van der Waals surface area contributed by atoms with Crippen molar-refractivity contribution in [2.24, 2.45) is 0 Å². The van der Waals surface area contributed by atoms with Crippen molar-refractivity contribution in [2.45, 2.75) is 39.2 Å². The van der Waals surface area contributed by atoms with Gasteiger partial charge in [0.15, 0.2) is 0 Å². The number of likely N-dealkylation sites (tertiary alicyclic amines) is 1. The molecule has 0 N–H and O–H groups in total. The molecule has 1 aliphatic heterocycles. The van der Waals surface area contributed by atoms with Crippen LogP contribution in [-0.4, -0.2) is 23.1 Å². The summed E-state index contributed by atoms with van der Waals surface area (Å²) in [5.41, 5.74) is 2.43. The minimum Gasteiger partial charge on any atom is -0.338 e. The van der Waals surface area contributed by atoms with Crippen LogP contribution in [0.1, 0.15) is 43.7 Å². The second-order valence-corrected chi connectivity index (χ2v) is 5.18. The number of carbonyl (C=O) groups is 2. The van der Waals surface area contributed by atoms with Gasteiger partial charge >= 0.3 is 0 Å². The zero-order valence-corrected chi connectivity index (χ0v) is 11.0. The monoisotopic (exact) mass is 245 g/mol. The quantitative estimate of drug-likeness (QED) is 0.767. The summed E-state index contributed by atoms with van der Waals surface area (Å²) in [6, 6.07) is 8.36. The molecule has 3 nitrogen and oxygen atoms in total. The Morgan fingerprint density at radius 2 is 1.83 bits per heavy atom. The minimum absolute atomic E-state index is 0.0424. The van der Waals surface area contributed by atoms with Gasteiger partial charge in [0, 0.05) is 19.5 Å². The van der Waals surface area contributed by atoms with Crippen LogP contribution in [0.25, 0.3) is 0 Å². The largest absolute Gasteiger partial charge is 0.338 e. The zero-order valence-electron chi connectivity index (χ0n) is 11.0. The molecule has 2 rings (SSSR count). The third kappa shape index (κ3) is 2.97. The van der Waals surface area contributed by atoms with Gasteiger partial charge in [0.1, 0.15) is 5.78 Å². The van der Waals surface area contributed by atoms with E-state index in [0.717, 1.165) is 5.56 Å². The molecular formula is C15H19NO2. The molecule has 1 saturated heterocycles. The van der Waals surface area contributed by atoms with Crippen molar-refractivity contribution in [2.75, 3.05) is 6.54 Å². The van der Waals surface area contributed by atoms with Crippen LogP contribution in [0.4, 0.5) is 0 Å². The van der Waals surface area contributed by atoms with Crippen molar-refractivity contribution in [1.82, 2.24) is 4.90 Å². The summed E-state index contributed by atoms with van der Waals surface area (Å²) in [5.74, 6) is 0.541. The molecule has 0 bridgehead atoms. The number of benzene rings is 1. The Morgan fingerprint density at radius 1 is 1.17 bits per heavy atom. The Hall–Kier alpha value is -1.64. The third-order valence-electron chi connectivity index (χ3n) is 3.38. The molecule has 0 atom stereocenters. The Bertz CT molecular complexity index is 448. The molecule has 18 heavy (non-hydrogen) atoms. The summed E-state index contributed by atoms with van der Waals surface area (Å²) >= 11 is 0. The van der Waals surface area contributed by atoms with E-state index in [9.17, 15) is 9.59 Å². The Morgan fingerprint density at radius 3 is 2.39 bits per heavy atom. The fraction of sp³-hybridized carbons (Fsp3) is 0.467. The average Bonchev–Trinajstić information content (AvgIpc) is 2.33. The molecule has 1 aliphatic rings. The molecule has 1 aromatic rings. The van der Waals surface area contributed by atoms with E-state index in [1.54, 1.807) is 4.90 Å². The van der Waals surface area contributed by atoms with E-state index in [-0.39, 0.29) is 18.1 Å². The minimum atomic E-state index is -0.0424. The Kier molecular flexibility index (Phi) is 3.80. The van der Waals surface area contributed by atoms with Gasteiger partial charge in [-0.3, -0.25) is 9.59 Å². The summed E-state index contributed by atoms with van der Waals surface area (Å²) in [5, 5.41) is 0. The fourth-order valence-corrected chi connectivity index (χ4v) is 2.15. The van der Waals surface area contributed by atoms with Gasteiger partial charge in [-0.2, -0.15) is 0 Å². The van der Waals surface area contributed by atoms with Crippen LogP contribution >= 0.6 is 0 Å². The SMILES string of the molecule is CC(C)c1ccc(CN2CCC(=O)CC2=O)cc1. The molecule has 1 heterocycles. The highest BCUT2D eigenvalue weighted by atomic mass is 16.2. The molecule has 1 aromatic carbocycles. The summed E-state index contributed by atoms with van der Waals surface area (Å²) < 4.78 is 0. The van der Waals surface area contributed by atoms with E-state index in [4.69, 9.17) is 0 Å². The molecule has 1 amide bonds. The van der Waals surface area contributed by atoms with Crippen LogP contribution in [0, 0.1) is 0 Å². The van der Waals surface area contributed by atoms with Crippen molar-refractivity contribution < 1.29 is 9.59 Å². The smallest absolute Gasteiger partial charge is 0.230 e. The van der Waals surface area contributed by atoms with Crippen molar-refractivity contribution >= 4 is 11.7 Å². The summed E-state index contributed by atoms with van der Waals surface area (Å²) in [6.45, 7) is 5.50. The molecule has 1 fully saturated rings. The highest BCUT2D eigenvalue weighted by molar-refractivity contribution is 6.00. The van der Waals surface area contributed by atoms with Gasteiger partial charge in [-0.05, 0) is 17.0 Å². The van der Waals surface area contributed by atoms with Gasteiger partial charge in [0.25, 0.3) is 0 Å². The molecule has 0 radical (unpaired) electrons. The topological polar surface area (TPSA) is 37.4 Å². The lowest BCUT2D eigenvalue weighted by molar-refractivity contribution is -0.139. The maximum Gasteiger partial charge on any atom is 0.230 e. The molecule has 0 saturated carbocycles. The molecule has 0 unspecified atom stereocenters. The number of hydrogen-bond acceptors (Lipinski definition) is 2. The van der Waals surface area contributed by atoms with Gasteiger partial charge in [-0.25, -0.2) is 0 Å². The Balaban J connectivity index is 2.01. The van der Waals surface area contributed by atoms with Crippen LogP contribution in [0.15, 0.2) is 24.3 Å². The van der Waals surface area contributed by atoms with Gasteiger partial charge in [-0.15, -0.1) is 0 Å². The molecule has 96 valence electrons. The van der Waals surface area contributed by atoms with Crippen LogP contribution < -0.4 is 0 Å².